The van der Waals surface area contributed by atoms with Crippen LogP contribution in [0.3, 0.4) is 0 Å². The van der Waals surface area contributed by atoms with Gasteiger partial charge in [-0.2, -0.15) is 0 Å². The molecule has 0 aliphatic carbocycles. The number of benzene rings is 1. The molecule has 2 rings (SSSR count). The highest BCUT2D eigenvalue weighted by Crippen LogP contribution is 2.39. The van der Waals surface area contributed by atoms with E-state index in [0.717, 1.165) is 5.56 Å². The monoisotopic (exact) mass is 350 g/mol. The SMILES string of the molecule is CC(=O)Oc1ccc([C@@]2(C)CC(C)(C)NC(=S)N2)c(OC(C)=O)c1. The Morgan fingerprint density at radius 3 is 2.25 bits per heavy atom. The van der Waals surface area contributed by atoms with Crippen LogP contribution in [-0.4, -0.2) is 22.6 Å². The molecule has 6 nitrogen and oxygen atoms in total. The van der Waals surface area contributed by atoms with Gasteiger partial charge in [-0.3, -0.25) is 9.59 Å². The number of nitrogens with one attached hydrogen (secondary N) is 2. The van der Waals surface area contributed by atoms with Gasteiger partial charge in [-0.25, -0.2) is 0 Å². The summed E-state index contributed by atoms with van der Waals surface area (Å²) in [5, 5.41) is 7.02. The summed E-state index contributed by atoms with van der Waals surface area (Å²) in [5.41, 5.74) is 0.00958. The molecule has 1 aromatic carbocycles. The molecule has 0 saturated carbocycles. The predicted molar refractivity (Wildman–Crippen MR) is 94.0 cm³/mol. The van der Waals surface area contributed by atoms with Crippen molar-refractivity contribution < 1.29 is 19.1 Å². The van der Waals surface area contributed by atoms with Crippen molar-refractivity contribution in [1.29, 1.82) is 0 Å². The minimum absolute atomic E-state index is 0.223. The van der Waals surface area contributed by atoms with Crippen molar-refractivity contribution in [3.05, 3.63) is 23.8 Å². The molecule has 0 amide bonds. The molecule has 1 aliphatic heterocycles. The van der Waals surface area contributed by atoms with E-state index in [9.17, 15) is 9.59 Å². The van der Waals surface area contributed by atoms with Gasteiger partial charge in [0.15, 0.2) is 5.11 Å². The summed E-state index contributed by atoms with van der Waals surface area (Å²) >= 11 is 5.32. The van der Waals surface area contributed by atoms with Gasteiger partial charge in [0.25, 0.3) is 0 Å². The molecule has 1 saturated heterocycles. The summed E-state index contributed by atoms with van der Waals surface area (Å²) in [6.07, 6.45) is 0.710. The third kappa shape index (κ3) is 4.23. The zero-order valence-electron chi connectivity index (χ0n) is 14.5. The summed E-state index contributed by atoms with van der Waals surface area (Å²) in [5.74, 6) is -0.223. The van der Waals surface area contributed by atoms with E-state index < -0.39 is 17.5 Å². The van der Waals surface area contributed by atoms with Gasteiger partial charge < -0.3 is 20.1 Å². The molecular formula is C17H22N2O4S. The number of rotatable bonds is 3. The summed E-state index contributed by atoms with van der Waals surface area (Å²) in [6.45, 7) is 8.75. The zero-order valence-corrected chi connectivity index (χ0v) is 15.3. The fraction of sp³-hybridized carbons (Fsp3) is 0.471. The highest BCUT2D eigenvalue weighted by Gasteiger charge is 2.41. The lowest BCUT2D eigenvalue weighted by molar-refractivity contribution is -0.132. The van der Waals surface area contributed by atoms with Crippen LogP contribution in [0.4, 0.5) is 0 Å². The topological polar surface area (TPSA) is 76.7 Å². The van der Waals surface area contributed by atoms with Crippen molar-refractivity contribution in [1.82, 2.24) is 10.6 Å². The summed E-state index contributed by atoms with van der Waals surface area (Å²) < 4.78 is 10.4. The predicted octanol–water partition coefficient (Wildman–Crippen LogP) is 2.40. The Labute approximate surface area is 146 Å². The normalized spacial score (nSPS) is 22.1. The quantitative estimate of drug-likeness (QED) is 0.492. The molecule has 1 aliphatic rings. The maximum absolute atomic E-state index is 11.5. The van der Waals surface area contributed by atoms with E-state index in [1.807, 2.05) is 6.92 Å². The molecule has 1 heterocycles. The number of carbonyl (C=O) groups excluding carboxylic acids is 2. The molecule has 24 heavy (non-hydrogen) atoms. The second-order valence-corrected chi connectivity index (χ2v) is 7.23. The average Bonchev–Trinajstić information content (AvgIpc) is 2.33. The Bertz CT molecular complexity index is 702. The molecule has 7 heteroatoms. The Hall–Kier alpha value is -2.15. The molecular weight excluding hydrogens is 328 g/mol. The number of carbonyl (C=O) groups is 2. The Morgan fingerprint density at radius 1 is 1.08 bits per heavy atom. The molecule has 0 spiro atoms. The van der Waals surface area contributed by atoms with Crippen molar-refractivity contribution in [2.45, 2.75) is 52.1 Å². The van der Waals surface area contributed by atoms with Crippen LogP contribution in [-0.2, 0) is 15.1 Å². The van der Waals surface area contributed by atoms with E-state index in [0.29, 0.717) is 23.0 Å². The summed E-state index contributed by atoms with van der Waals surface area (Å²) in [6, 6.07) is 5.01. The Morgan fingerprint density at radius 2 is 1.71 bits per heavy atom. The molecule has 0 radical (unpaired) electrons. The van der Waals surface area contributed by atoms with Gasteiger partial charge >= 0.3 is 11.9 Å². The van der Waals surface area contributed by atoms with Crippen molar-refractivity contribution in [3.63, 3.8) is 0 Å². The first-order valence-electron chi connectivity index (χ1n) is 7.62. The van der Waals surface area contributed by atoms with Crippen molar-refractivity contribution in [2.75, 3.05) is 0 Å². The summed E-state index contributed by atoms with van der Waals surface area (Å²) in [7, 11) is 0. The third-order valence-electron chi connectivity index (χ3n) is 3.70. The van der Waals surface area contributed by atoms with Crippen LogP contribution >= 0.6 is 12.2 Å². The minimum atomic E-state index is -0.536. The van der Waals surface area contributed by atoms with Crippen molar-refractivity contribution in [2.24, 2.45) is 0 Å². The van der Waals surface area contributed by atoms with Gasteiger partial charge in [-0.15, -0.1) is 0 Å². The van der Waals surface area contributed by atoms with Crippen LogP contribution in [0.5, 0.6) is 11.5 Å². The van der Waals surface area contributed by atoms with Crippen molar-refractivity contribution >= 4 is 29.3 Å². The maximum Gasteiger partial charge on any atom is 0.308 e. The van der Waals surface area contributed by atoms with Gasteiger partial charge in [0.2, 0.25) is 0 Å². The first-order chi connectivity index (χ1) is 11.0. The van der Waals surface area contributed by atoms with E-state index in [1.165, 1.54) is 13.8 Å². The van der Waals surface area contributed by atoms with E-state index in [2.05, 4.69) is 24.5 Å². The second-order valence-electron chi connectivity index (χ2n) is 6.82. The fourth-order valence-electron chi connectivity index (χ4n) is 3.15. The van der Waals surface area contributed by atoms with Gasteiger partial charge in [0.05, 0.1) is 5.54 Å². The highest BCUT2D eigenvalue weighted by atomic mass is 32.1. The molecule has 1 aromatic rings. The van der Waals surface area contributed by atoms with Gasteiger partial charge in [-0.1, -0.05) is 0 Å². The van der Waals surface area contributed by atoms with E-state index in [1.54, 1.807) is 18.2 Å². The maximum atomic E-state index is 11.5. The summed E-state index contributed by atoms with van der Waals surface area (Å²) in [4.78, 5) is 22.6. The zero-order chi connectivity index (χ0) is 18.1. The lowest BCUT2D eigenvalue weighted by atomic mass is 9.78. The first kappa shape index (κ1) is 18.2. The van der Waals surface area contributed by atoms with Crippen LogP contribution in [0.1, 0.15) is 46.6 Å². The number of esters is 2. The van der Waals surface area contributed by atoms with Crippen LogP contribution < -0.4 is 20.1 Å². The molecule has 1 atom stereocenters. The Balaban J connectivity index is 2.49. The van der Waals surface area contributed by atoms with Crippen LogP contribution in [0.2, 0.25) is 0 Å². The third-order valence-corrected chi connectivity index (χ3v) is 3.90. The standard InChI is InChI=1S/C17H22N2O4S/c1-10(20)22-12-6-7-13(14(8-12)23-11(2)21)17(5)9-16(3,4)18-15(24)19-17/h6-8H,9H2,1-5H3,(H2,18,19,24)/t17-/m1/s1. The van der Waals surface area contributed by atoms with E-state index >= 15 is 0 Å². The van der Waals surface area contributed by atoms with Crippen LogP contribution in [0.15, 0.2) is 18.2 Å². The van der Waals surface area contributed by atoms with Crippen LogP contribution in [0, 0.1) is 0 Å². The van der Waals surface area contributed by atoms with Gasteiger partial charge in [-0.05, 0) is 51.5 Å². The first-order valence-corrected chi connectivity index (χ1v) is 8.03. The van der Waals surface area contributed by atoms with Gasteiger partial charge in [0, 0.05) is 31.0 Å². The van der Waals surface area contributed by atoms with Crippen molar-refractivity contribution in [3.8, 4) is 11.5 Å². The minimum Gasteiger partial charge on any atom is -0.427 e. The lowest BCUT2D eigenvalue weighted by Gasteiger charge is -2.46. The number of hydrogen-bond acceptors (Lipinski definition) is 5. The molecule has 0 aromatic heterocycles. The molecule has 2 N–H and O–H groups in total. The Kier molecular flexibility index (Phi) is 4.85. The lowest BCUT2D eigenvalue weighted by Crippen LogP contribution is -2.63. The largest absolute Gasteiger partial charge is 0.427 e. The smallest absolute Gasteiger partial charge is 0.308 e. The van der Waals surface area contributed by atoms with E-state index in [4.69, 9.17) is 21.7 Å². The molecule has 0 bridgehead atoms. The number of thiocarbonyl (C=S) groups is 1. The molecule has 130 valence electrons. The number of ether oxygens (including phenoxy) is 2. The highest BCUT2D eigenvalue weighted by molar-refractivity contribution is 7.80. The van der Waals surface area contributed by atoms with Gasteiger partial charge in [0.1, 0.15) is 11.5 Å². The van der Waals surface area contributed by atoms with E-state index in [-0.39, 0.29) is 5.54 Å². The van der Waals surface area contributed by atoms with Crippen LogP contribution in [0.25, 0.3) is 0 Å². The molecule has 0 unspecified atom stereocenters. The fourth-order valence-corrected chi connectivity index (χ4v) is 3.65. The second kappa shape index (κ2) is 6.39. The average molecular weight is 350 g/mol. The number of hydrogen-bond donors (Lipinski definition) is 2. The molecule has 1 fully saturated rings.